The zero-order valence-electron chi connectivity index (χ0n) is 10.1. The maximum absolute atomic E-state index is 12.2. The first-order chi connectivity index (χ1) is 7.89. The standard InChI is InChI=1S/C10H16BrNO3S2/c1-8-9(7-10(11)16-8)17(13,14)12(2)5-4-6-15-3/h7H,4-6H2,1-3H3. The average molecular weight is 342 g/mol. The normalized spacial score (nSPS) is 12.3. The third-order valence-electron chi connectivity index (χ3n) is 2.35. The molecule has 0 aliphatic rings. The molecule has 0 bridgehead atoms. The van der Waals surface area contributed by atoms with E-state index in [-0.39, 0.29) is 0 Å². The van der Waals surface area contributed by atoms with Crippen molar-refractivity contribution in [3.05, 3.63) is 14.7 Å². The summed E-state index contributed by atoms with van der Waals surface area (Å²) < 4.78 is 31.6. The predicted molar refractivity (Wildman–Crippen MR) is 73.1 cm³/mol. The molecule has 0 saturated carbocycles. The summed E-state index contributed by atoms with van der Waals surface area (Å²) in [6.45, 7) is 2.83. The Morgan fingerprint density at radius 1 is 1.53 bits per heavy atom. The van der Waals surface area contributed by atoms with Crippen LogP contribution in [0.2, 0.25) is 0 Å². The molecule has 0 aliphatic carbocycles. The molecule has 0 fully saturated rings. The quantitative estimate of drug-likeness (QED) is 0.746. The molecule has 0 saturated heterocycles. The number of ether oxygens (including phenoxy) is 1. The first-order valence-corrected chi connectivity index (χ1v) is 8.15. The lowest BCUT2D eigenvalue weighted by atomic mass is 10.5. The smallest absolute Gasteiger partial charge is 0.243 e. The van der Waals surface area contributed by atoms with Gasteiger partial charge in [0.2, 0.25) is 10.0 Å². The van der Waals surface area contributed by atoms with E-state index in [1.54, 1.807) is 20.2 Å². The molecule has 1 aromatic heterocycles. The van der Waals surface area contributed by atoms with Gasteiger partial charge in [-0.05, 0) is 35.3 Å². The minimum atomic E-state index is -3.37. The number of halogens is 1. The molecular weight excluding hydrogens is 326 g/mol. The third kappa shape index (κ3) is 3.75. The number of sulfonamides is 1. The summed E-state index contributed by atoms with van der Waals surface area (Å²) in [7, 11) is -0.172. The van der Waals surface area contributed by atoms with Crippen LogP contribution in [-0.2, 0) is 14.8 Å². The van der Waals surface area contributed by atoms with E-state index < -0.39 is 10.0 Å². The van der Waals surface area contributed by atoms with Crippen LogP contribution < -0.4 is 0 Å². The molecule has 0 amide bonds. The Bertz CT molecular complexity index is 470. The van der Waals surface area contributed by atoms with E-state index in [9.17, 15) is 8.42 Å². The fourth-order valence-electron chi connectivity index (χ4n) is 1.41. The number of methoxy groups -OCH3 is 1. The van der Waals surface area contributed by atoms with E-state index in [4.69, 9.17) is 4.74 Å². The lowest BCUT2D eigenvalue weighted by molar-refractivity contribution is 0.189. The van der Waals surface area contributed by atoms with Gasteiger partial charge in [0.1, 0.15) is 0 Å². The van der Waals surface area contributed by atoms with Crippen molar-refractivity contribution in [2.24, 2.45) is 0 Å². The van der Waals surface area contributed by atoms with Crippen molar-refractivity contribution < 1.29 is 13.2 Å². The maximum atomic E-state index is 12.2. The molecule has 0 aromatic carbocycles. The lowest BCUT2D eigenvalue weighted by Gasteiger charge is -2.16. The van der Waals surface area contributed by atoms with Crippen LogP contribution in [0.25, 0.3) is 0 Å². The van der Waals surface area contributed by atoms with E-state index in [0.29, 0.717) is 24.5 Å². The molecule has 17 heavy (non-hydrogen) atoms. The number of nitrogens with zero attached hydrogens (tertiary/aromatic N) is 1. The van der Waals surface area contributed by atoms with Crippen LogP contribution in [0.5, 0.6) is 0 Å². The molecule has 0 N–H and O–H groups in total. The molecule has 1 heterocycles. The molecular formula is C10H16BrNO3S2. The molecule has 1 rings (SSSR count). The largest absolute Gasteiger partial charge is 0.385 e. The predicted octanol–water partition coefficient (Wildman–Crippen LogP) is 2.48. The summed E-state index contributed by atoms with van der Waals surface area (Å²) in [6.07, 6.45) is 0.691. The van der Waals surface area contributed by atoms with Crippen molar-refractivity contribution in [3.8, 4) is 0 Å². The molecule has 7 heteroatoms. The van der Waals surface area contributed by atoms with Gasteiger partial charge >= 0.3 is 0 Å². The fraction of sp³-hybridized carbons (Fsp3) is 0.600. The minimum Gasteiger partial charge on any atom is -0.385 e. The summed E-state index contributed by atoms with van der Waals surface area (Å²) in [4.78, 5) is 1.18. The summed E-state index contributed by atoms with van der Waals surface area (Å²) in [5.41, 5.74) is 0. The Hall–Kier alpha value is 0.0500. The molecule has 98 valence electrons. The molecule has 0 spiro atoms. The summed E-state index contributed by atoms with van der Waals surface area (Å²) in [6, 6.07) is 1.65. The first-order valence-electron chi connectivity index (χ1n) is 5.10. The minimum absolute atomic E-state index is 0.384. The van der Waals surface area contributed by atoms with Gasteiger partial charge in [0.25, 0.3) is 0 Å². The molecule has 0 aliphatic heterocycles. The number of hydrogen-bond acceptors (Lipinski definition) is 4. The topological polar surface area (TPSA) is 46.6 Å². The highest BCUT2D eigenvalue weighted by atomic mass is 79.9. The van der Waals surface area contributed by atoms with E-state index in [1.165, 1.54) is 15.6 Å². The van der Waals surface area contributed by atoms with Gasteiger partial charge in [-0.2, -0.15) is 0 Å². The van der Waals surface area contributed by atoms with Crippen molar-refractivity contribution in [2.75, 3.05) is 27.3 Å². The Balaban J connectivity index is 2.84. The second-order valence-electron chi connectivity index (χ2n) is 3.64. The van der Waals surface area contributed by atoms with Crippen LogP contribution in [0.4, 0.5) is 0 Å². The van der Waals surface area contributed by atoms with Crippen molar-refractivity contribution >= 4 is 37.3 Å². The number of aryl methyl sites for hydroxylation is 1. The van der Waals surface area contributed by atoms with E-state index in [1.807, 2.05) is 6.92 Å². The summed E-state index contributed by atoms with van der Waals surface area (Å²) in [5.74, 6) is 0. The number of thiophene rings is 1. The van der Waals surface area contributed by atoms with Gasteiger partial charge in [0.15, 0.2) is 0 Å². The zero-order valence-corrected chi connectivity index (χ0v) is 13.3. The van der Waals surface area contributed by atoms with Gasteiger partial charge < -0.3 is 4.74 Å². The van der Waals surface area contributed by atoms with Crippen molar-refractivity contribution in [2.45, 2.75) is 18.2 Å². The van der Waals surface area contributed by atoms with Crippen LogP contribution in [0, 0.1) is 6.92 Å². The Morgan fingerprint density at radius 3 is 2.65 bits per heavy atom. The SMILES string of the molecule is COCCCN(C)S(=O)(=O)c1cc(Br)sc1C. The monoisotopic (exact) mass is 341 g/mol. The van der Waals surface area contributed by atoms with Crippen molar-refractivity contribution in [1.29, 1.82) is 0 Å². The highest BCUT2D eigenvalue weighted by Gasteiger charge is 2.24. The van der Waals surface area contributed by atoms with Crippen LogP contribution in [0.15, 0.2) is 14.7 Å². The van der Waals surface area contributed by atoms with Gasteiger partial charge in [-0.25, -0.2) is 12.7 Å². The van der Waals surface area contributed by atoms with Gasteiger partial charge in [-0.15, -0.1) is 11.3 Å². The highest BCUT2D eigenvalue weighted by molar-refractivity contribution is 9.11. The summed E-state index contributed by atoms with van der Waals surface area (Å²) in [5, 5.41) is 0. The highest BCUT2D eigenvalue weighted by Crippen LogP contribution is 2.31. The van der Waals surface area contributed by atoms with Crippen LogP contribution in [0.3, 0.4) is 0 Å². The fourth-order valence-corrected chi connectivity index (χ4v) is 4.99. The molecule has 0 radical (unpaired) electrons. The molecule has 4 nitrogen and oxygen atoms in total. The van der Waals surface area contributed by atoms with Gasteiger partial charge in [-0.1, -0.05) is 0 Å². The number of rotatable bonds is 6. The maximum Gasteiger partial charge on any atom is 0.243 e. The van der Waals surface area contributed by atoms with Gasteiger partial charge in [0.05, 0.1) is 8.68 Å². The van der Waals surface area contributed by atoms with Crippen molar-refractivity contribution in [1.82, 2.24) is 4.31 Å². The molecule has 0 unspecified atom stereocenters. The Labute approximate surface area is 115 Å². The summed E-state index contributed by atoms with van der Waals surface area (Å²) >= 11 is 4.73. The van der Waals surface area contributed by atoms with Crippen LogP contribution >= 0.6 is 27.3 Å². The van der Waals surface area contributed by atoms with E-state index in [2.05, 4.69) is 15.9 Å². The second-order valence-corrected chi connectivity index (χ2v) is 8.29. The van der Waals surface area contributed by atoms with Gasteiger partial charge in [0, 0.05) is 32.2 Å². The van der Waals surface area contributed by atoms with Gasteiger partial charge in [-0.3, -0.25) is 0 Å². The number of hydrogen-bond donors (Lipinski definition) is 0. The molecule has 1 aromatic rings. The molecule has 0 atom stereocenters. The Morgan fingerprint density at radius 2 is 2.18 bits per heavy atom. The van der Waals surface area contributed by atoms with Crippen molar-refractivity contribution in [3.63, 3.8) is 0 Å². The van der Waals surface area contributed by atoms with Crippen LogP contribution in [0.1, 0.15) is 11.3 Å². The zero-order chi connectivity index (χ0) is 13.1. The average Bonchev–Trinajstić information content (AvgIpc) is 2.58. The van der Waals surface area contributed by atoms with E-state index >= 15 is 0 Å². The van der Waals surface area contributed by atoms with E-state index in [0.717, 1.165) is 8.66 Å². The Kier molecular flexibility index (Phi) is 5.59. The first kappa shape index (κ1) is 15.1. The van der Waals surface area contributed by atoms with Crippen LogP contribution in [-0.4, -0.2) is 40.0 Å². The second kappa shape index (κ2) is 6.29. The third-order valence-corrected chi connectivity index (χ3v) is 6.02. The lowest BCUT2D eigenvalue weighted by Crippen LogP contribution is -2.28.